The zero-order valence-electron chi connectivity index (χ0n) is 13.0. The molecule has 1 aliphatic rings. The molecule has 0 radical (unpaired) electrons. The van der Waals surface area contributed by atoms with Crippen LogP contribution in [0.5, 0.6) is 0 Å². The van der Waals surface area contributed by atoms with Gasteiger partial charge in [0, 0.05) is 7.05 Å². The van der Waals surface area contributed by atoms with Crippen LogP contribution < -0.4 is 0 Å². The average molecular weight is 329 g/mol. The van der Waals surface area contributed by atoms with Gasteiger partial charge in [-0.05, 0) is 43.2 Å². The molecule has 1 aliphatic heterocycles. The molecule has 0 saturated heterocycles. The Morgan fingerprint density at radius 1 is 0.957 bits per heavy atom. The van der Waals surface area contributed by atoms with Gasteiger partial charge in [0.1, 0.15) is 0 Å². The Balaban J connectivity index is 2.33. The molecule has 0 unspecified atom stereocenters. The zero-order valence-corrected chi connectivity index (χ0v) is 13.8. The Kier molecular flexibility index (Phi) is 3.37. The Hall–Kier alpha value is -2.47. The van der Waals surface area contributed by atoms with E-state index >= 15 is 0 Å². The largest absolute Gasteiger partial charge is 0.277 e. The van der Waals surface area contributed by atoms with Crippen LogP contribution in [-0.2, 0) is 9.84 Å². The quantitative estimate of drug-likeness (QED) is 0.793. The van der Waals surface area contributed by atoms with Gasteiger partial charge in [-0.15, -0.1) is 0 Å². The third-order valence-corrected chi connectivity index (χ3v) is 6.14. The lowest BCUT2D eigenvalue weighted by Gasteiger charge is -2.13. The van der Waals surface area contributed by atoms with Gasteiger partial charge >= 0.3 is 0 Å². The summed E-state index contributed by atoms with van der Waals surface area (Å²) in [7, 11) is -2.37. The highest BCUT2D eigenvalue weighted by molar-refractivity contribution is 7.91. The van der Waals surface area contributed by atoms with Gasteiger partial charge in [0.15, 0.2) is 0 Å². The van der Waals surface area contributed by atoms with E-state index in [1.165, 1.54) is 25.2 Å². The lowest BCUT2D eigenvalue weighted by molar-refractivity contribution is 0.0693. The fourth-order valence-corrected chi connectivity index (χ4v) is 4.72. The van der Waals surface area contributed by atoms with Crippen LogP contribution >= 0.6 is 0 Å². The number of fused-ring (bicyclic) bond motifs is 1. The molecule has 0 N–H and O–H groups in total. The van der Waals surface area contributed by atoms with Crippen LogP contribution in [-0.4, -0.2) is 32.2 Å². The number of sulfone groups is 1. The van der Waals surface area contributed by atoms with Crippen LogP contribution in [0.4, 0.5) is 0 Å². The number of hydrogen-bond acceptors (Lipinski definition) is 4. The first-order valence-electron chi connectivity index (χ1n) is 7.03. The SMILES string of the molecule is Cc1cc2c(c(C)c1S(=O)(=O)c1ccccc1)C(=O)N(C)C2=O. The van der Waals surface area contributed by atoms with Gasteiger partial charge in [-0.2, -0.15) is 0 Å². The lowest BCUT2D eigenvalue weighted by Crippen LogP contribution is -2.24. The third-order valence-electron chi connectivity index (χ3n) is 4.08. The normalized spacial score (nSPS) is 14.3. The van der Waals surface area contributed by atoms with E-state index in [0.29, 0.717) is 11.1 Å². The Morgan fingerprint density at radius 3 is 2.17 bits per heavy atom. The highest BCUT2D eigenvalue weighted by atomic mass is 32.2. The molecule has 118 valence electrons. The van der Waals surface area contributed by atoms with Crippen molar-refractivity contribution in [2.24, 2.45) is 0 Å². The van der Waals surface area contributed by atoms with Gasteiger partial charge < -0.3 is 0 Å². The van der Waals surface area contributed by atoms with E-state index in [2.05, 4.69) is 0 Å². The molecule has 0 fully saturated rings. The second-order valence-corrected chi connectivity index (χ2v) is 7.44. The number of carbonyl (C=O) groups excluding carboxylic acids is 2. The highest BCUT2D eigenvalue weighted by Crippen LogP contribution is 2.34. The summed E-state index contributed by atoms with van der Waals surface area (Å²) in [6.45, 7) is 3.21. The summed E-state index contributed by atoms with van der Waals surface area (Å²) in [4.78, 5) is 25.6. The second-order valence-electron chi connectivity index (χ2n) is 5.56. The smallest absolute Gasteiger partial charge is 0.261 e. The summed E-state index contributed by atoms with van der Waals surface area (Å²) in [5.41, 5.74) is 1.23. The average Bonchev–Trinajstić information content (AvgIpc) is 2.72. The van der Waals surface area contributed by atoms with Gasteiger partial charge in [0.2, 0.25) is 9.84 Å². The molecule has 0 atom stereocenters. The number of carbonyl (C=O) groups is 2. The predicted molar refractivity (Wildman–Crippen MR) is 84.2 cm³/mol. The molecule has 23 heavy (non-hydrogen) atoms. The molecule has 2 aromatic rings. The van der Waals surface area contributed by atoms with E-state index in [0.717, 1.165) is 4.90 Å². The van der Waals surface area contributed by atoms with Crippen molar-refractivity contribution in [3.05, 3.63) is 58.7 Å². The minimum Gasteiger partial charge on any atom is -0.277 e. The molecule has 3 rings (SSSR count). The maximum atomic E-state index is 12.9. The van der Waals surface area contributed by atoms with Crippen LogP contribution in [0.3, 0.4) is 0 Å². The van der Waals surface area contributed by atoms with E-state index < -0.39 is 21.7 Å². The standard InChI is InChI=1S/C17H15NO4S/c1-10-9-13-14(17(20)18(3)16(13)19)11(2)15(10)23(21,22)12-7-5-4-6-8-12/h4-9H,1-3H3. The van der Waals surface area contributed by atoms with Crippen molar-refractivity contribution in [2.45, 2.75) is 23.6 Å². The number of nitrogens with zero attached hydrogens (tertiary/aromatic N) is 1. The van der Waals surface area contributed by atoms with Crippen molar-refractivity contribution >= 4 is 21.7 Å². The number of hydrogen-bond donors (Lipinski definition) is 0. The van der Waals surface area contributed by atoms with Crippen LogP contribution in [0.2, 0.25) is 0 Å². The summed E-state index contributed by atoms with van der Waals surface area (Å²) in [5, 5.41) is 0. The molecule has 2 amide bonds. The van der Waals surface area contributed by atoms with E-state index in [1.54, 1.807) is 32.0 Å². The van der Waals surface area contributed by atoms with Crippen molar-refractivity contribution in [3.63, 3.8) is 0 Å². The van der Waals surface area contributed by atoms with E-state index in [-0.39, 0.29) is 20.9 Å². The van der Waals surface area contributed by atoms with Crippen LogP contribution in [0, 0.1) is 13.8 Å². The number of aryl methyl sites for hydroxylation is 1. The molecule has 0 aromatic heterocycles. The fourth-order valence-electron chi connectivity index (χ4n) is 2.98. The summed E-state index contributed by atoms with van der Waals surface area (Å²) in [6, 6.07) is 9.54. The summed E-state index contributed by atoms with van der Waals surface area (Å²) < 4.78 is 25.9. The number of rotatable bonds is 2. The number of imide groups is 1. The van der Waals surface area contributed by atoms with Crippen LogP contribution in [0.25, 0.3) is 0 Å². The highest BCUT2D eigenvalue weighted by Gasteiger charge is 2.37. The molecule has 5 nitrogen and oxygen atoms in total. The Bertz CT molecular complexity index is 946. The summed E-state index contributed by atoms with van der Waals surface area (Å²) in [5.74, 6) is -0.869. The minimum atomic E-state index is -3.76. The monoisotopic (exact) mass is 329 g/mol. The molecule has 0 spiro atoms. The third kappa shape index (κ3) is 2.09. The summed E-state index contributed by atoms with van der Waals surface area (Å²) in [6.07, 6.45) is 0. The van der Waals surface area contributed by atoms with Crippen LogP contribution in [0.1, 0.15) is 31.8 Å². The first-order chi connectivity index (χ1) is 10.8. The predicted octanol–water partition coefficient (Wildman–Crippen LogP) is 2.36. The van der Waals surface area contributed by atoms with E-state index in [4.69, 9.17) is 0 Å². The molecule has 0 aliphatic carbocycles. The molecule has 2 aromatic carbocycles. The van der Waals surface area contributed by atoms with Gasteiger partial charge in [-0.1, -0.05) is 18.2 Å². The minimum absolute atomic E-state index is 0.0962. The Morgan fingerprint density at radius 2 is 1.57 bits per heavy atom. The van der Waals surface area contributed by atoms with Gasteiger partial charge in [0.05, 0.1) is 20.9 Å². The lowest BCUT2D eigenvalue weighted by atomic mass is 10.0. The van der Waals surface area contributed by atoms with Gasteiger partial charge in [-0.3, -0.25) is 14.5 Å². The fraction of sp³-hybridized carbons (Fsp3) is 0.176. The van der Waals surface area contributed by atoms with Crippen molar-refractivity contribution in [1.29, 1.82) is 0 Å². The summed E-state index contributed by atoms with van der Waals surface area (Å²) >= 11 is 0. The molecule has 0 bridgehead atoms. The van der Waals surface area contributed by atoms with Crippen molar-refractivity contribution in [2.75, 3.05) is 7.05 Å². The molecule has 1 heterocycles. The maximum absolute atomic E-state index is 12.9. The van der Waals surface area contributed by atoms with Crippen molar-refractivity contribution < 1.29 is 18.0 Å². The van der Waals surface area contributed by atoms with E-state index in [9.17, 15) is 18.0 Å². The number of amides is 2. The van der Waals surface area contributed by atoms with Gasteiger partial charge in [0.25, 0.3) is 11.8 Å². The zero-order chi connectivity index (χ0) is 16.9. The van der Waals surface area contributed by atoms with Crippen molar-refractivity contribution in [1.82, 2.24) is 4.90 Å². The topological polar surface area (TPSA) is 71.5 Å². The Labute approximate surface area is 134 Å². The van der Waals surface area contributed by atoms with Crippen molar-refractivity contribution in [3.8, 4) is 0 Å². The molecular formula is C17H15NO4S. The number of benzene rings is 2. The molecule has 6 heteroatoms. The first-order valence-corrected chi connectivity index (χ1v) is 8.52. The first kappa shape index (κ1) is 15.4. The van der Waals surface area contributed by atoms with E-state index in [1.807, 2.05) is 0 Å². The molecular weight excluding hydrogens is 314 g/mol. The van der Waals surface area contributed by atoms with Crippen LogP contribution in [0.15, 0.2) is 46.2 Å². The van der Waals surface area contributed by atoms with Gasteiger partial charge in [-0.25, -0.2) is 8.42 Å². The maximum Gasteiger partial charge on any atom is 0.261 e. The second kappa shape index (κ2) is 5.03. The molecule has 0 saturated carbocycles.